The third-order valence-electron chi connectivity index (χ3n) is 3.79. The zero-order valence-electron chi connectivity index (χ0n) is 13.0. The van der Waals surface area contributed by atoms with E-state index in [1.54, 1.807) is 0 Å². The van der Waals surface area contributed by atoms with Crippen molar-refractivity contribution in [2.75, 3.05) is 5.01 Å². The van der Waals surface area contributed by atoms with Gasteiger partial charge in [0.2, 0.25) is 6.04 Å². The molecule has 2 N–H and O–H groups in total. The average molecular weight is 467 g/mol. The molecular formula is C13H6Cl2F6N4O2S. The van der Waals surface area contributed by atoms with Crippen molar-refractivity contribution in [3.63, 3.8) is 0 Å². The highest BCUT2D eigenvalue weighted by Gasteiger charge is 2.58. The maximum Gasteiger partial charge on any atom is 0.418 e. The Kier molecular flexibility index (Phi) is 5.10. The first-order valence-corrected chi connectivity index (χ1v) is 8.89. The van der Waals surface area contributed by atoms with Gasteiger partial charge in [-0.3, -0.25) is 0 Å². The Morgan fingerprint density at radius 3 is 2.25 bits per heavy atom. The van der Waals surface area contributed by atoms with E-state index in [2.05, 4.69) is 4.74 Å². The van der Waals surface area contributed by atoms with Crippen molar-refractivity contribution >= 4 is 40.3 Å². The number of fused-ring (bicyclic) bond motifs is 1. The first-order valence-electron chi connectivity index (χ1n) is 6.96. The van der Waals surface area contributed by atoms with Gasteiger partial charge in [0.1, 0.15) is 17.2 Å². The molecule has 15 heteroatoms. The lowest BCUT2D eigenvalue weighted by Gasteiger charge is -2.31. The Morgan fingerprint density at radius 1 is 1.21 bits per heavy atom. The van der Waals surface area contributed by atoms with Crippen LogP contribution in [0.2, 0.25) is 5.02 Å². The van der Waals surface area contributed by atoms with E-state index in [-0.39, 0.29) is 4.41 Å². The lowest BCUT2D eigenvalue weighted by molar-refractivity contribution is -0.369. The molecule has 2 unspecified atom stereocenters. The van der Waals surface area contributed by atoms with Gasteiger partial charge in [0.05, 0.1) is 32.9 Å². The fourth-order valence-corrected chi connectivity index (χ4v) is 4.03. The third-order valence-corrected chi connectivity index (χ3v) is 5.54. The highest BCUT2D eigenvalue weighted by molar-refractivity contribution is 7.89. The fraction of sp³-hybridized carbons (Fsp3) is 0.308. The molecule has 0 saturated heterocycles. The summed E-state index contributed by atoms with van der Waals surface area (Å²) in [7, 11) is 0. The first kappa shape index (κ1) is 21.2. The van der Waals surface area contributed by atoms with E-state index in [4.69, 9.17) is 34.2 Å². The molecule has 2 aliphatic heterocycles. The van der Waals surface area contributed by atoms with Crippen LogP contribution in [0.5, 0.6) is 0 Å². The lowest BCUT2D eigenvalue weighted by atomic mass is 10.1. The number of ether oxygens (including phenoxy) is 1. The number of nitriles is 1. The minimum absolute atomic E-state index is 0.210. The van der Waals surface area contributed by atoms with E-state index in [0.29, 0.717) is 17.1 Å². The van der Waals surface area contributed by atoms with Gasteiger partial charge in [0.15, 0.2) is 0 Å². The number of benzene rings is 1. The number of nitrogens with two attached hydrogens (primary N) is 1. The van der Waals surface area contributed by atoms with Gasteiger partial charge in [-0.2, -0.15) is 31.6 Å². The zero-order chi connectivity index (χ0) is 21.2. The summed E-state index contributed by atoms with van der Waals surface area (Å²) in [5.74, 6) is -4.14. The molecule has 1 aromatic rings. The number of hydrogen-bond donors (Lipinski definition) is 1. The fourth-order valence-electron chi connectivity index (χ4n) is 2.64. The monoisotopic (exact) mass is 466 g/mol. The van der Waals surface area contributed by atoms with Crippen LogP contribution in [0, 0.1) is 11.3 Å². The second-order valence-corrected chi connectivity index (χ2v) is 7.50. The second kappa shape index (κ2) is 6.75. The van der Waals surface area contributed by atoms with Crippen LogP contribution in [-0.4, -0.2) is 20.8 Å². The van der Waals surface area contributed by atoms with Crippen LogP contribution in [0.25, 0.3) is 0 Å². The van der Waals surface area contributed by atoms with Crippen LogP contribution in [0.4, 0.5) is 32.0 Å². The van der Waals surface area contributed by atoms with Crippen LogP contribution >= 0.6 is 23.2 Å². The summed E-state index contributed by atoms with van der Waals surface area (Å²) < 4.78 is 96.7. The summed E-state index contributed by atoms with van der Waals surface area (Å²) in [4.78, 5) is 0. The molecule has 2 heterocycles. The molecule has 0 radical (unpaired) electrons. The highest BCUT2D eigenvalue weighted by atomic mass is 35.5. The van der Waals surface area contributed by atoms with Gasteiger partial charge in [-0.25, -0.2) is 9.75 Å². The zero-order valence-corrected chi connectivity index (χ0v) is 15.3. The van der Waals surface area contributed by atoms with Gasteiger partial charge >= 0.3 is 18.0 Å². The van der Waals surface area contributed by atoms with Crippen molar-refractivity contribution in [3.8, 4) is 6.07 Å². The van der Waals surface area contributed by atoms with Crippen molar-refractivity contribution < 1.29 is 35.6 Å². The third kappa shape index (κ3) is 3.04. The van der Waals surface area contributed by atoms with Gasteiger partial charge in [0, 0.05) is 0 Å². The van der Waals surface area contributed by atoms with Gasteiger partial charge in [0.25, 0.3) is 0 Å². The molecule has 2 aliphatic rings. The number of hydrazine groups is 1. The van der Waals surface area contributed by atoms with E-state index in [1.165, 1.54) is 6.07 Å². The van der Waals surface area contributed by atoms with E-state index in [9.17, 15) is 30.9 Å². The second-order valence-electron chi connectivity index (χ2n) is 5.40. The molecule has 6 nitrogen and oxygen atoms in total. The minimum atomic E-state index is -4.44. The Morgan fingerprint density at radius 2 is 1.75 bits per heavy atom. The summed E-state index contributed by atoms with van der Waals surface area (Å²) in [5, 5.41) is 8.40. The molecule has 28 heavy (non-hydrogen) atoms. The van der Waals surface area contributed by atoms with Crippen LogP contribution in [-0.2, 0) is 28.3 Å². The van der Waals surface area contributed by atoms with E-state index >= 15 is 0 Å². The molecule has 3 rings (SSSR count). The van der Waals surface area contributed by atoms with Crippen molar-refractivity contribution in [3.05, 3.63) is 39.1 Å². The van der Waals surface area contributed by atoms with Crippen LogP contribution in [0.15, 0.2) is 23.0 Å². The Balaban J connectivity index is 2.21. The first-order chi connectivity index (χ1) is 12.8. The lowest BCUT2D eigenvalue weighted by Crippen LogP contribution is -2.49. The molecule has 1 aromatic carbocycles. The normalized spacial score (nSPS) is 24.6. The molecule has 2 atom stereocenters. The van der Waals surface area contributed by atoms with E-state index in [1.807, 2.05) is 0 Å². The maximum atomic E-state index is 13.9. The Labute approximate surface area is 165 Å². The standard InChI is InChI=1S/C13H6Cl2F6N4O2S/c14-6-1-4-5(13(20,21)27-12(4,18)19)2-7(6)24-10(23)9(15)8(3-22)25(24)28(26)11(16)17/h1-2,8,11H,23H2. The summed E-state index contributed by atoms with van der Waals surface area (Å²) in [6, 6.07) is 0.554. The van der Waals surface area contributed by atoms with Gasteiger partial charge in [-0.15, -0.1) is 0 Å². The molecule has 0 bridgehead atoms. The quantitative estimate of drug-likeness (QED) is 0.540. The number of alkyl halides is 6. The smallest absolute Gasteiger partial charge is 0.418 e. The summed E-state index contributed by atoms with van der Waals surface area (Å²) >= 11 is 8.47. The van der Waals surface area contributed by atoms with Crippen LogP contribution in [0.1, 0.15) is 11.1 Å². The number of anilines is 1. The molecule has 0 aromatic heterocycles. The van der Waals surface area contributed by atoms with Crippen molar-refractivity contribution in [1.82, 2.24) is 4.41 Å². The van der Waals surface area contributed by atoms with Gasteiger partial charge < -0.3 is 10.3 Å². The van der Waals surface area contributed by atoms with Gasteiger partial charge in [-0.1, -0.05) is 23.2 Å². The topological polar surface area (TPSA) is 88.6 Å². The molecule has 0 fully saturated rings. The van der Waals surface area contributed by atoms with E-state index in [0.717, 1.165) is 0 Å². The van der Waals surface area contributed by atoms with Crippen molar-refractivity contribution in [1.29, 1.82) is 5.26 Å². The summed E-state index contributed by atoms with van der Waals surface area (Å²) in [5.41, 5.74) is 2.46. The van der Waals surface area contributed by atoms with Crippen molar-refractivity contribution in [2.24, 2.45) is 5.73 Å². The molecule has 152 valence electrons. The SMILES string of the molecule is N#CC1C(Cl)=C(N)N(c2cc3c(cc2Cl)C(F)(F)OC3(F)F)N1[S+]([O-])C(F)F. The predicted octanol–water partition coefficient (Wildman–Crippen LogP) is 3.65. The summed E-state index contributed by atoms with van der Waals surface area (Å²) in [6.07, 6.45) is -8.81. The largest absolute Gasteiger partial charge is 0.592 e. The number of hydrogen-bond acceptors (Lipinski definition) is 6. The molecular weight excluding hydrogens is 461 g/mol. The van der Waals surface area contributed by atoms with Crippen molar-refractivity contribution in [2.45, 2.75) is 24.0 Å². The molecule has 0 aliphatic carbocycles. The van der Waals surface area contributed by atoms with Crippen LogP contribution in [0.3, 0.4) is 0 Å². The number of halogens is 8. The maximum absolute atomic E-state index is 13.9. The molecule has 0 spiro atoms. The predicted molar refractivity (Wildman–Crippen MR) is 85.3 cm³/mol. The number of rotatable bonds is 3. The molecule has 0 amide bonds. The minimum Gasteiger partial charge on any atom is -0.592 e. The summed E-state index contributed by atoms with van der Waals surface area (Å²) in [6.45, 7) is 0. The van der Waals surface area contributed by atoms with Gasteiger partial charge in [-0.05, 0) is 16.5 Å². The van der Waals surface area contributed by atoms with E-state index < -0.39 is 68.1 Å². The molecule has 0 saturated carbocycles. The van der Waals surface area contributed by atoms with Crippen LogP contribution < -0.4 is 10.7 Å². The number of nitrogens with zero attached hydrogens (tertiary/aromatic N) is 3. The average Bonchev–Trinajstić information content (AvgIpc) is 2.93. The highest BCUT2D eigenvalue weighted by Crippen LogP contribution is 2.54. The Hall–Kier alpha value is -1.56. The Bertz CT molecular complexity index is 912.